The largest absolute Gasteiger partial charge is 0.369 e. The van der Waals surface area contributed by atoms with Crippen molar-refractivity contribution in [2.45, 2.75) is 24.4 Å². The molecule has 10 heteroatoms. The normalized spacial score (nSPS) is 15.0. The third-order valence-electron chi connectivity index (χ3n) is 4.37. The van der Waals surface area contributed by atoms with Crippen molar-refractivity contribution in [1.29, 1.82) is 0 Å². The van der Waals surface area contributed by atoms with E-state index in [1.807, 2.05) is 29.8 Å². The standard InChI is InChI=1S/C18H24ClN5OS3/c1-2-6-20-16(25)12-27-17-21-24(18(26)28-17)13-22-7-9-23(10-8-22)15-5-3-4-14(19)11-15/h3-5,11H,2,6-10,12-13H2,1H3,(H,20,25). The Morgan fingerprint density at radius 2 is 2.14 bits per heavy atom. The fraction of sp³-hybridized carbons (Fsp3) is 0.500. The Morgan fingerprint density at radius 1 is 1.36 bits per heavy atom. The highest BCUT2D eigenvalue weighted by Gasteiger charge is 2.18. The van der Waals surface area contributed by atoms with Crippen LogP contribution in [0.4, 0.5) is 5.69 Å². The van der Waals surface area contributed by atoms with Gasteiger partial charge in [0.05, 0.1) is 12.4 Å². The molecule has 1 aliphatic heterocycles. The molecule has 2 aromatic rings. The summed E-state index contributed by atoms with van der Waals surface area (Å²) in [5.74, 6) is 0.414. The van der Waals surface area contributed by atoms with Crippen molar-refractivity contribution >= 4 is 58.5 Å². The summed E-state index contributed by atoms with van der Waals surface area (Å²) in [5.41, 5.74) is 1.16. The summed E-state index contributed by atoms with van der Waals surface area (Å²) in [7, 11) is 0. The molecule has 6 nitrogen and oxygen atoms in total. The molecule has 0 unspecified atom stereocenters. The number of thioether (sulfide) groups is 1. The van der Waals surface area contributed by atoms with E-state index < -0.39 is 0 Å². The average molecular weight is 458 g/mol. The topological polar surface area (TPSA) is 53.4 Å². The van der Waals surface area contributed by atoms with Gasteiger partial charge in [-0.15, -0.1) is 0 Å². The third kappa shape index (κ3) is 6.18. The van der Waals surface area contributed by atoms with Gasteiger partial charge in [0, 0.05) is 43.4 Å². The second-order valence-corrected chi connectivity index (χ2v) is 9.78. The Morgan fingerprint density at radius 3 is 2.86 bits per heavy atom. The second-order valence-electron chi connectivity index (χ2n) is 6.50. The van der Waals surface area contributed by atoms with Gasteiger partial charge in [0.25, 0.3) is 0 Å². The zero-order valence-corrected chi connectivity index (χ0v) is 19.0. The molecule has 1 aromatic carbocycles. The summed E-state index contributed by atoms with van der Waals surface area (Å²) >= 11 is 14.5. The Balaban J connectivity index is 1.49. The minimum Gasteiger partial charge on any atom is -0.369 e. The van der Waals surface area contributed by atoms with Crippen LogP contribution in [0.3, 0.4) is 0 Å². The maximum absolute atomic E-state index is 11.7. The first-order chi connectivity index (χ1) is 13.5. The molecule has 1 aromatic heterocycles. The van der Waals surface area contributed by atoms with E-state index in [-0.39, 0.29) is 5.91 Å². The van der Waals surface area contributed by atoms with E-state index in [1.165, 1.54) is 23.1 Å². The van der Waals surface area contributed by atoms with E-state index in [0.717, 1.165) is 51.6 Å². The number of carbonyl (C=O) groups excluding carboxylic acids is 1. The van der Waals surface area contributed by atoms with Crippen LogP contribution in [0.2, 0.25) is 5.02 Å². The van der Waals surface area contributed by atoms with Crippen LogP contribution in [-0.2, 0) is 11.5 Å². The molecule has 0 atom stereocenters. The van der Waals surface area contributed by atoms with E-state index >= 15 is 0 Å². The minimum atomic E-state index is 0.0386. The SMILES string of the molecule is CCCNC(=O)CSc1nn(CN2CCN(c3cccc(Cl)c3)CC2)c(=S)s1. The Hall–Kier alpha value is -1.13. The van der Waals surface area contributed by atoms with Crippen LogP contribution in [-0.4, -0.2) is 59.1 Å². The number of piperazine rings is 1. The van der Waals surface area contributed by atoms with Crippen molar-refractivity contribution < 1.29 is 4.79 Å². The predicted octanol–water partition coefficient (Wildman–Crippen LogP) is 3.73. The molecule has 0 bridgehead atoms. The van der Waals surface area contributed by atoms with Gasteiger partial charge in [0.15, 0.2) is 8.29 Å². The molecule has 1 saturated heterocycles. The monoisotopic (exact) mass is 457 g/mol. The average Bonchev–Trinajstić information content (AvgIpc) is 3.04. The number of hydrogen-bond donors (Lipinski definition) is 1. The summed E-state index contributed by atoms with van der Waals surface area (Å²) in [5, 5.41) is 8.23. The minimum absolute atomic E-state index is 0.0386. The molecule has 0 radical (unpaired) electrons. The van der Waals surface area contributed by atoms with Gasteiger partial charge >= 0.3 is 0 Å². The van der Waals surface area contributed by atoms with Crippen LogP contribution in [0, 0.1) is 3.95 Å². The summed E-state index contributed by atoms with van der Waals surface area (Å²) in [6.07, 6.45) is 0.939. The first kappa shape index (κ1) is 21.6. The quantitative estimate of drug-likeness (QED) is 0.481. The summed E-state index contributed by atoms with van der Waals surface area (Å²) in [6.45, 7) is 7.19. The predicted molar refractivity (Wildman–Crippen MR) is 120 cm³/mol. The van der Waals surface area contributed by atoms with E-state index in [0.29, 0.717) is 19.0 Å². The van der Waals surface area contributed by atoms with Crippen LogP contribution in [0.1, 0.15) is 13.3 Å². The molecular formula is C18H24ClN5OS3. The molecule has 2 heterocycles. The van der Waals surface area contributed by atoms with Crippen molar-refractivity contribution in [3.63, 3.8) is 0 Å². The molecule has 1 N–H and O–H groups in total. The highest BCUT2D eigenvalue weighted by molar-refractivity contribution is 8.01. The molecule has 1 amide bonds. The van der Waals surface area contributed by atoms with Crippen molar-refractivity contribution in [2.24, 2.45) is 0 Å². The van der Waals surface area contributed by atoms with Gasteiger partial charge < -0.3 is 10.2 Å². The maximum atomic E-state index is 11.7. The zero-order valence-electron chi connectivity index (χ0n) is 15.8. The molecule has 152 valence electrons. The van der Waals surface area contributed by atoms with Gasteiger partial charge in [-0.3, -0.25) is 9.69 Å². The number of amides is 1. The zero-order chi connectivity index (χ0) is 19.9. The number of benzene rings is 1. The van der Waals surface area contributed by atoms with Crippen molar-refractivity contribution in [3.8, 4) is 0 Å². The molecule has 1 fully saturated rings. The lowest BCUT2D eigenvalue weighted by Crippen LogP contribution is -2.46. The lowest BCUT2D eigenvalue weighted by Gasteiger charge is -2.35. The molecule has 0 spiro atoms. The van der Waals surface area contributed by atoms with Gasteiger partial charge in [-0.25, -0.2) is 4.68 Å². The molecule has 0 saturated carbocycles. The summed E-state index contributed by atoms with van der Waals surface area (Å²) in [4.78, 5) is 16.4. The van der Waals surface area contributed by atoms with E-state index in [2.05, 4.69) is 26.3 Å². The number of nitrogens with zero attached hydrogens (tertiary/aromatic N) is 4. The first-order valence-corrected chi connectivity index (χ1v) is 11.8. The number of hydrogen-bond acceptors (Lipinski definition) is 7. The Kier molecular flexibility index (Phi) is 8.16. The van der Waals surface area contributed by atoms with E-state index in [9.17, 15) is 4.79 Å². The van der Waals surface area contributed by atoms with E-state index in [4.69, 9.17) is 23.8 Å². The highest BCUT2D eigenvalue weighted by atomic mass is 35.5. The van der Waals surface area contributed by atoms with Crippen LogP contribution in [0.5, 0.6) is 0 Å². The van der Waals surface area contributed by atoms with Crippen molar-refractivity contribution in [1.82, 2.24) is 20.0 Å². The van der Waals surface area contributed by atoms with Gasteiger partial charge in [-0.05, 0) is 36.8 Å². The van der Waals surface area contributed by atoms with Gasteiger partial charge in [0.2, 0.25) is 5.91 Å². The van der Waals surface area contributed by atoms with Crippen LogP contribution >= 0.6 is 46.9 Å². The van der Waals surface area contributed by atoms with Crippen LogP contribution < -0.4 is 10.2 Å². The Bertz CT molecular complexity index is 848. The number of rotatable bonds is 8. The summed E-state index contributed by atoms with van der Waals surface area (Å²) < 4.78 is 3.45. The van der Waals surface area contributed by atoms with Gasteiger partial charge in [0.1, 0.15) is 0 Å². The van der Waals surface area contributed by atoms with Crippen molar-refractivity contribution in [2.75, 3.05) is 43.4 Å². The summed E-state index contributed by atoms with van der Waals surface area (Å²) in [6, 6.07) is 7.99. The molecule has 3 rings (SSSR count). The van der Waals surface area contributed by atoms with E-state index in [1.54, 1.807) is 0 Å². The fourth-order valence-corrected chi connectivity index (χ4v) is 5.22. The number of anilines is 1. The Labute approximate surface area is 183 Å². The number of aromatic nitrogens is 2. The lowest BCUT2D eigenvalue weighted by atomic mass is 10.2. The number of halogens is 1. The molecule has 1 aliphatic rings. The third-order valence-corrected chi connectivity index (χ3v) is 7.04. The number of carbonyl (C=O) groups is 1. The van der Waals surface area contributed by atoms with Gasteiger partial charge in [-0.1, -0.05) is 47.7 Å². The molecule has 0 aliphatic carbocycles. The highest BCUT2D eigenvalue weighted by Crippen LogP contribution is 2.23. The number of nitrogens with one attached hydrogen (secondary N) is 1. The molecular weight excluding hydrogens is 434 g/mol. The molecule has 28 heavy (non-hydrogen) atoms. The lowest BCUT2D eigenvalue weighted by molar-refractivity contribution is -0.118. The first-order valence-electron chi connectivity index (χ1n) is 9.25. The maximum Gasteiger partial charge on any atom is 0.230 e. The van der Waals surface area contributed by atoms with Crippen molar-refractivity contribution in [3.05, 3.63) is 33.2 Å². The van der Waals surface area contributed by atoms with Gasteiger partial charge in [-0.2, -0.15) is 5.10 Å². The fourth-order valence-electron chi connectivity index (χ4n) is 2.89. The van der Waals surface area contributed by atoms with Crippen LogP contribution in [0.15, 0.2) is 28.6 Å². The second kappa shape index (κ2) is 10.6. The van der Waals surface area contributed by atoms with Crippen LogP contribution in [0.25, 0.3) is 0 Å². The smallest absolute Gasteiger partial charge is 0.230 e.